The van der Waals surface area contributed by atoms with Crippen molar-refractivity contribution >= 4 is 23.9 Å². The van der Waals surface area contributed by atoms with E-state index in [9.17, 15) is 19.7 Å². The van der Waals surface area contributed by atoms with Gasteiger partial charge in [0.1, 0.15) is 16.3 Å². The first-order valence-electron chi connectivity index (χ1n) is 5.88. The molecule has 1 aliphatic rings. The molecule has 1 aromatic heterocycles. The van der Waals surface area contributed by atoms with Gasteiger partial charge in [0, 0.05) is 13.8 Å². The van der Waals surface area contributed by atoms with Crippen LogP contribution < -0.4 is 0 Å². The molecule has 0 radical (unpaired) electrons. The van der Waals surface area contributed by atoms with Crippen molar-refractivity contribution in [2.75, 3.05) is 0 Å². The maximum atomic E-state index is 11.6. The van der Waals surface area contributed by atoms with Crippen LogP contribution in [0.5, 0.6) is 0 Å². The lowest BCUT2D eigenvalue weighted by Crippen LogP contribution is -2.41. The quantitative estimate of drug-likeness (QED) is 0.275. The standard InChI is InChI=1S/C13H11NO7/c1-13(2)20-11(15)9(12(16)21-13)5-3-4-8-6-7-10(19-8)14(17)18/h3-7H,1-2H3. The lowest BCUT2D eigenvalue weighted by molar-refractivity contribution is -0.402. The minimum absolute atomic E-state index is 0.205. The Hall–Kier alpha value is -2.90. The Balaban J connectivity index is 2.13. The monoisotopic (exact) mass is 293 g/mol. The van der Waals surface area contributed by atoms with E-state index in [2.05, 4.69) is 0 Å². The highest BCUT2D eigenvalue weighted by molar-refractivity contribution is 6.15. The molecular weight excluding hydrogens is 282 g/mol. The second-order valence-corrected chi connectivity index (χ2v) is 4.55. The predicted molar refractivity (Wildman–Crippen MR) is 68.7 cm³/mol. The number of carbonyl (C=O) groups is 2. The van der Waals surface area contributed by atoms with Gasteiger partial charge in [-0.3, -0.25) is 10.1 Å². The fourth-order valence-corrected chi connectivity index (χ4v) is 1.57. The van der Waals surface area contributed by atoms with Gasteiger partial charge in [-0.05, 0) is 18.2 Å². The Morgan fingerprint density at radius 1 is 1.19 bits per heavy atom. The third-order valence-corrected chi connectivity index (χ3v) is 2.43. The fraction of sp³-hybridized carbons (Fsp3) is 0.231. The average Bonchev–Trinajstić information content (AvgIpc) is 2.80. The van der Waals surface area contributed by atoms with Gasteiger partial charge in [0.25, 0.3) is 5.79 Å². The number of nitrogens with zero attached hydrogens (tertiary/aromatic N) is 1. The summed E-state index contributed by atoms with van der Waals surface area (Å²) in [7, 11) is 0. The Morgan fingerprint density at radius 2 is 1.81 bits per heavy atom. The van der Waals surface area contributed by atoms with Gasteiger partial charge in [0.2, 0.25) is 0 Å². The smallest absolute Gasteiger partial charge is 0.419 e. The molecule has 110 valence electrons. The van der Waals surface area contributed by atoms with Crippen LogP contribution in [0.3, 0.4) is 0 Å². The maximum Gasteiger partial charge on any atom is 0.433 e. The number of hydrogen-bond acceptors (Lipinski definition) is 7. The topological polar surface area (TPSA) is 109 Å². The third-order valence-electron chi connectivity index (χ3n) is 2.43. The van der Waals surface area contributed by atoms with Crippen LogP contribution in [0.1, 0.15) is 19.6 Å². The molecule has 0 bridgehead atoms. The summed E-state index contributed by atoms with van der Waals surface area (Å²) in [5, 5.41) is 10.4. The van der Waals surface area contributed by atoms with Gasteiger partial charge in [0.05, 0.1) is 6.07 Å². The second kappa shape index (κ2) is 5.23. The van der Waals surface area contributed by atoms with Crippen LogP contribution in [0.2, 0.25) is 0 Å². The predicted octanol–water partition coefficient (Wildman–Crippen LogP) is 1.96. The number of nitro groups is 1. The van der Waals surface area contributed by atoms with E-state index in [0.717, 1.165) is 0 Å². The molecule has 8 heteroatoms. The molecule has 1 saturated heterocycles. The Morgan fingerprint density at radius 3 is 2.33 bits per heavy atom. The van der Waals surface area contributed by atoms with Crippen molar-refractivity contribution in [2.24, 2.45) is 0 Å². The number of hydrogen-bond donors (Lipinski definition) is 0. The van der Waals surface area contributed by atoms with Crippen molar-refractivity contribution in [2.45, 2.75) is 19.6 Å². The lowest BCUT2D eigenvalue weighted by atomic mass is 10.2. The van der Waals surface area contributed by atoms with Gasteiger partial charge in [-0.2, -0.15) is 0 Å². The first-order valence-corrected chi connectivity index (χ1v) is 5.88. The summed E-state index contributed by atoms with van der Waals surface area (Å²) >= 11 is 0. The molecule has 0 atom stereocenters. The van der Waals surface area contributed by atoms with Crippen LogP contribution >= 0.6 is 0 Å². The van der Waals surface area contributed by atoms with E-state index < -0.39 is 28.5 Å². The minimum atomic E-state index is -1.29. The van der Waals surface area contributed by atoms with Gasteiger partial charge in [0.15, 0.2) is 0 Å². The SMILES string of the molecule is CC1(C)OC(=O)C(=CC=Cc2ccc([N+](=O)[O-])o2)C(=O)O1. The summed E-state index contributed by atoms with van der Waals surface area (Å²) in [6.45, 7) is 2.88. The second-order valence-electron chi connectivity index (χ2n) is 4.55. The van der Waals surface area contributed by atoms with Gasteiger partial charge in [-0.1, -0.05) is 6.08 Å². The highest BCUT2D eigenvalue weighted by atomic mass is 16.7. The van der Waals surface area contributed by atoms with Crippen molar-refractivity contribution < 1.29 is 28.4 Å². The zero-order valence-corrected chi connectivity index (χ0v) is 11.2. The van der Waals surface area contributed by atoms with Crippen molar-refractivity contribution in [3.05, 3.63) is 45.7 Å². The van der Waals surface area contributed by atoms with Crippen molar-refractivity contribution in [1.82, 2.24) is 0 Å². The Bertz CT molecular complexity index is 644. The van der Waals surface area contributed by atoms with E-state index in [4.69, 9.17) is 13.9 Å². The molecule has 0 N–H and O–H groups in total. The van der Waals surface area contributed by atoms with Crippen LogP contribution in [-0.2, 0) is 19.1 Å². The summed E-state index contributed by atoms with van der Waals surface area (Å²) in [6, 6.07) is 2.58. The van der Waals surface area contributed by atoms with E-state index in [-0.39, 0.29) is 11.3 Å². The molecule has 0 saturated carbocycles. The summed E-state index contributed by atoms with van der Waals surface area (Å²) in [5.74, 6) is -3.09. The van der Waals surface area contributed by atoms with Crippen molar-refractivity contribution in [3.8, 4) is 0 Å². The van der Waals surface area contributed by atoms with Crippen molar-refractivity contribution in [1.29, 1.82) is 0 Å². The van der Waals surface area contributed by atoms with Gasteiger partial charge in [-0.25, -0.2) is 9.59 Å². The largest absolute Gasteiger partial charge is 0.433 e. The zero-order chi connectivity index (χ0) is 15.6. The highest BCUT2D eigenvalue weighted by Gasteiger charge is 2.38. The molecule has 21 heavy (non-hydrogen) atoms. The van der Waals surface area contributed by atoms with Crippen LogP contribution in [0.15, 0.2) is 34.3 Å². The molecule has 0 spiro atoms. The number of carbonyl (C=O) groups excluding carboxylic acids is 2. The first kappa shape index (κ1) is 14.5. The molecule has 1 aromatic rings. The van der Waals surface area contributed by atoms with E-state index >= 15 is 0 Å². The first-order chi connectivity index (χ1) is 9.78. The Kier molecular flexibility index (Phi) is 3.62. The minimum Gasteiger partial charge on any atom is -0.419 e. The molecule has 1 fully saturated rings. The summed E-state index contributed by atoms with van der Waals surface area (Å²) < 4.78 is 14.7. The van der Waals surface area contributed by atoms with E-state index in [1.807, 2.05) is 0 Å². The van der Waals surface area contributed by atoms with Gasteiger partial charge >= 0.3 is 17.8 Å². The van der Waals surface area contributed by atoms with Gasteiger partial charge < -0.3 is 13.9 Å². The molecule has 8 nitrogen and oxygen atoms in total. The number of esters is 2. The molecule has 0 aromatic carbocycles. The molecule has 0 aliphatic carbocycles. The molecule has 0 amide bonds. The van der Waals surface area contributed by atoms with Crippen LogP contribution in [0.25, 0.3) is 6.08 Å². The molecular formula is C13H11NO7. The number of ether oxygens (including phenoxy) is 2. The number of rotatable bonds is 3. The molecule has 2 rings (SSSR count). The van der Waals surface area contributed by atoms with E-state index in [0.29, 0.717) is 0 Å². The number of allylic oxidation sites excluding steroid dienone is 2. The average molecular weight is 293 g/mol. The maximum absolute atomic E-state index is 11.6. The summed E-state index contributed by atoms with van der Waals surface area (Å²) in [5.41, 5.74) is -0.272. The van der Waals surface area contributed by atoms with E-state index in [1.54, 1.807) is 0 Å². The molecule has 1 aliphatic heterocycles. The molecule has 0 unspecified atom stereocenters. The van der Waals surface area contributed by atoms with Crippen molar-refractivity contribution in [3.63, 3.8) is 0 Å². The van der Waals surface area contributed by atoms with Crippen LogP contribution in [0.4, 0.5) is 5.88 Å². The van der Waals surface area contributed by atoms with E-state index in [1.165, 1.54) is 44.2 Å². The number of cyclic esters (lactones) is 2. The van der Waals surface area contributed by atoms with Crippen LogP contribution in [-0.4, -0.2) is 22.6 Å². The molecule has 2 heterocycles. The van der Waals surface area contributed by atoms with Crippen LogP contribution in [0, 0.1) is 10.1 Å². The number of furan rings is 1. The lowest BCUT2D eigenvalue weighted by Gasteiger charge is -2.29. The van der Waals surface area contributed by atoms with Gasteiger partial charge in [-0.15, -0.1) is 0 Å². The summed E-state index contributed by atoms with van der Waals surface area (Å²) in [6.07, 6.45) is 3.88. The Labute approximate surface area is 118 Å². The normalized spacial score (nSPS) is 17.5. The summed E-state index contributed by atoms with van der Waals surface area (Å²) in [4.78, 5) is 33.0. The zero-order valence-electron chi connectivity index (χ0n) is 11.2. The highest BCUT2D eigenvalue weighted by Crippen LogP contribution is 2.23. The fourth-order valence-electron chi connectivity index (χ4n) is 1.57. The third kappa shape index (κ3) is 3.35.